The highest BCUT2D eigenvalue weighted by Gasteiger charge is 2.32. The molecular formula is C23H35N3O2. The number of para-hydroxylation sites is 1. The normalized spacial score (nSPS) is 20.5. The van der Waals surface area contributed by atoms with Crippen LogP contribution in [0.1, 0.15) is 69.9 Å². The smallest absolute Gasteiger partial charge is 0.241 e. The van der Waals surface area contributed by atoms with Crippen molar-refractivity contribution in [3.63, 3.8) is 0 Å². The van der Waals surface area contributed by atoms with Gasteiger partial charge in [-0.05, 0) is 56.6 Å². The summed E-state index contributed by atoms with van der Waals surface area (Å²) < 4.78 is 0. The minimum Gasteiger partial charge on any atom is -0.340 e. The molecule has 5 heteroatoms. The topological polar surface area (TPSA) is 52.7 Å². The Morgan fingerprint density at radius 2 is 1.82 bits per heavy atom. The number of benzene rings is 1. The molecule has 1 N–H and O–H groups in total. The summed E-state index contributed by atoms with van der Waals surface area (Å²) in [4.78, 5) is 29.5. The number of carbonyl (C=O) groups excluding carboxylic acids is 2. The minimum atomic E-state index is -0.169. The van der Waals surface area contributed by atoms with E-state index in [1.165, 1.54) is 5.56 Å². The highest BCUT2D eigenvalue weighted by molar-refractivity contribution is 5.96. The second kappa shape index (κ2) is 9.08. The highest BCUT2D eigenvalue weighted by Crippen LogP contribution is 2.28. The molecule has 2 saturated heterocycles. The van der Waals surface area contributed by atoms with Gasteiger partial charge < -0.3 is 10.2 Å². The number of piperidine rings is 2. The van der Waals surface area contributed by atoms with E-state index in [-0.39, 0.29) is 11.9 Å². The fourth-order valence-electron chi connectivity index (χ4n) is 4.53. The summed E-state index contributed by atoms with van der Waals surface area (Å²) in [5, 5.41) is 3.19. The number of nitrogens with zero attached hydrogens (tertiary/aromatic N) is 2. The quantitative estimate of drug-likeness (QED) is 0.836. The van der Waals surface area contributed by atoms with Crippen molar-refractivity contribution in [1.29, 1.82) is 0 Å². The van der Waals surface area contributed by atoms with Gasteiger partial charge in [0.2, 0.25) is 11.8 Å². The van der Waals surface area contributed by atoms with E-state index < -0.39 is 0 Å². The molecule has 2 aliphatic heterocycles. The third-order valence-electron chi connectivity index (χ3n) is 6.40. The maximum absolute atomic E-state index is 13.0. The van der Waals surface area contributed by atoms with E-state index in [2.05, 4.69) is 41.1 Å². The summed E-state index contributed by atoms with van der Waals surface area (Å²) in [6.07, 6.45) is 4.78. The van der Waals surface area contributed by atoms with Gasteiger partial charge in [-0.3, -0.25) is 14.5 Å². The van der Waals surface area contributed by atoms with Crippen LogP contribution in [-0.2, 0) is 9.59 Å². The van der Waals surface area contributed by atoms with E-state index in [4.69, 9.17) is 0 Å². The number of likely N-dealkylation sites (tertiary alicyclic amines) is 2. The molecule has 2 fully saturated rings. The predicted octanol–water partition coefficient (Wildman–Crippen LogP) is 3.92. The van der Waals surface area contributed by atoms with Crippen molar-refractivity contribution in [3.8, 4) is 0 Å². The van der Waals surface area contributed by atoms with Crippen molar-refractivity contribution in [2.24, 2.45) is 0 Å². The molecule has 2 amide bonds. The number of aryl methyl sites for hydroxylation is 1. The molecule has 3 rings (SSSR count). The molecule has 28 heavy (non-hydrogen) atoms. The average molecular weight is 386 g/mol. The van der Waals surface area contributed by atoms with Gasteiger partial charge in [0.25, 0.3) is 0 Å². The zero-order chi connectivity index (χ0) is 20.3. The van der Waals surface area contributed by atoms with Crippen molar-refractivity contribution in [2.45, 2.75) is 77.8 Å². The molecule has 0 aliphatic carbocycles. The Morgan fingerprint density at radius 3 is 2.46 bits per heavy atom. The lowest BCUT2D eigenvalue weighted by Gasteiger charge is -2.41. The molecule has 1 aromatic rings. The number of amides is 2. The van der Waals surface area contributed by atoms with Gasteiger partial charge in [-0.25, -0.2) is 0 Å². The molecule has 1 atom stereocenters. The fourth-order valence-corrected chi connectivity index (χ4v) is 4.53. The van der Waals surface area contributed by atoms with Gasteiger partial charge in [-0.2, -0.15) is 0 Å². The molecule has 0 saturated carbocycles. The number of rotatable bonds is 5. The Bertz CT molecular complexity index is 708. The van der Waals surface area contributed by atoms with Crippen molar-refractivity contribution in [3.05, 3.63) is 29.3 Å². The Labute approximate surface area is 169 Å². The van der Waals surface area contributed by atoms with Crippen LogP contribution in [0, 0.1) is 6.92 Å². The first-order chi connectivity index (χ1) is 13.4. The number of carbonyl (C=O) groups is 2. The zero-order valence-electron chi connectivity index (χ0n) is 17.8. The van der Waals surface area contributed by atoms with Gasteiger partial charge in [-0.15, -0.1) is 0 Å². The second-order valence-corrected chi connectivity index (χ2v) is 8.67. The SMILES string of the molecule is Cc1cccc(C(C)C)c1NC(=O)C(C)N1CCC(N2CCCCC2=O)CC1. The van der Waals surface area contributed by atoms with Gasteiger partial charge >= 0.3 is 0 Å². The van der Waals surface area contributed by atoms with E-state index in [1.807, 2.05) is 19.9 Å². The highest BCUT2D eigenvalue weighted by atomic mass is 16.2. The Hall–Kier alpha value is -1.88. The molecule has 0 aromatic heterocycles. The summed E-state index contributed by atoms with van der Waals surface area (Å²) in [5.41, 5.74) is 3.25. The van der Waals surface area contributed by atoms with Crippen LogP contribution in [0.4, 0.5) is 5.69 Å². The molecule has 2 heterocycles. The first kappa shape index (κ1) is 20.8. The number of hydrogen-bond acceptors (Lipinski definition) is 3. The van der Waals surface area contributed by atoms with Crippen LogP contribution in [0.2, 0.25) is 0 Å². The molecule has 0 spiro atoms. The Morgan fingerprint density at radius 1 is 1.11 bits per heavy atom. The lowest BCUT2D eigenvalue weighted by atomic mass is 9.97. The average Bonchev–Trinajstić information content (AvgIpc) is 2.69. The standard InChI is InChI=1S/C23H35N3O2/c1-16(2)20-9-7-8-17(3)22(20)24-23(28)18(4)25-14-11-19(12-15-25)26-13-6-5-10-21(26)27/h7-9,16,18-19H,5-6,10-15H2,1-4H3,(H,24,28). The number of hydrogen-bond donors (Lipinski definition) is 1. The molecule has 2 aliphatic rings. The van der Waals surface area contributed by atoms with E-state index in [0.717, 1.165) is 56.6 Å². The minimum absolute atomic E-state index is 0.0590. The van der Waals surface area contributed by atoms with E-state index >= 15 is 0 Å². The van der Waals surface area contributed by atoms with Gasteiger partial charge in [0.1, 0.15) is 0 Å². The van der Waals surface area contributed by atoms with Crippen LogP contribution in [-0.4, -0.2) is 53.3 Å². The summed E-state index contributed by atoms with van der Waals surface area (Å²) in [6.45, 7) is 11.0. The first-order valence-electron chi connectivity index (χ1n) is 10.8. The van der Waals surface area contributed by atoms with Crippen LogP contribution in [0.3, 0.4) is 0 Å². The maximum atomic E-state index is 13.0. The Kier molecular flexibility index (Phi) is 6.76. The van der Waals surface area contributed by atoms with E-state index in [0.29, 0.717) is 24.3 Å². The zero-order valence-corrected chi connectivity index (χ0v) is 17.8. The van der Waals surface area contributed by atoms with Crippen molar-refractivity contribution in [1.82, 2.24) is 9.80 Å². The molecule has 154 valence electrons. The first-order valence-corrected chi connectivity index (χ1v) is 10.8. The second-order valence-electron chi connectivity index (χ2n) is 8.67. The maximum Gasteiger partial charge on any atom is 0.241 e. The van der Waals surface area contributed by atoms with Crippen LogP contribution in [0.15, 0.2) is 18.2 Å². The van der Waals surface area contributed by atoms with Crippen LogP contribution >= 0.6 is 0 Å². The van der Waals surface area contributed by atoms with Crippen molar-refractivity contribution in [2.75, 3.05) is 25.0 Å². The van der Waals surface area contributed by atoms with Crippen LogP contribution < -0.4 is 5.32 Å². The lowest BCUT2D eigenvalue weighted by molar-refractivity contribution is -0.137. The summed E-state index contributed by atoms with van der Waals surface area (Å²) >= 11 is 0. The summed E-state index contributed by atoms with van der Waals surface area (Å²) in [5.74, 6) is 0.739. The number of nitrogens with one attached hydrogen (secondary N) is 1. The summed E-state index contributed by atoms with van der Waals surface area (Å²) in [7, 11) is 0. The third-order valence-corrected chi connectivity index (χ3v) is 6.40. The largest absolute Gasteiger partial charge is 0.340 e. The van der Waals surface area contributed by atoms with Gasteiger partial charge in [-0.1, -0.05) is 32.0 Å². The Balaban J connectivity index is 1.59. The fraction of sp³-hybridized carbons (Fsp3) is 0.652. The van der Waals surface area contributed by atoms with Crippen LogP contribution in [0.25, 0.3) is 0 Å². The van der Waals surface area contributed by atoms with Crippen molar-refractivity contribution < 1.29 is 9.59 Å². The van der Waals surface area contributed by atoms with Crippen molar-refractivity contribution >= 4 is 17.5 Å². The molecule has 1 aromatic carbocycles. The molecule has 0 radical (unpaired) electrons. The molecule has 5 nitrogen and oxygen atoms in total. The van der Waals surface area contributed by atoms with Gasteiger partial charge in [0, 0.05) is 37.8 Å². The van der Waals surface area contributed by atoms with E-state index in [9.17, 15) is 9.59 Å². The molecule has 0 bridgehead atoms. The lowest BCUT2D eigenvalue weighted by Crippen LogP contribution is -2.52. The van der Waals surface area contributed by atoms with E-state index in [1.54, 1.807) is 0 Å². The summed E-state index contributed by atoms with van der Waals surface area (Å²) in [6, 6.07) is 6.38. The van der Waals surface area contributed by atoms with Crippen LogP contribution in [0.5, 0.6) is 0 Å². The van der Waals surface area contributed by atoms with Gasteiger partial charge in [0.15, 0.2) is 0 Å². The monoisotopic (exact) mass is 385 g/mol. The molecule has 1 unspecified atom stereocenters. The number of anilines is 1. The van der Waals surface area contributed by atoms with Gasteiger partial charge in [0.05, 0.1) is 6.04 Å². The third kappa shape index (κ3) is 4.57. The predicted molar refractivity (Wildman–Crippen MR) is 114 cm³/mol. The molecular weight excluding hydrogens is 350 g/mol.